The molecule has 0 radical (unpaired) electrons. The summed E-state index contributed by atoms with van der Waals surface area (Å²) in [5.74, 6) is -0.281. The van der Waals surface area contributed by atoms with Crippen molar-refractivity contribution in [3.8, 4) is 0 Å². The average Bonchev–Trinajstić information content (AvgIpc) is 2.83. The lowest BCUT2D eigenvalue weighted by Crippen LogP contribution is -2.17. The van der Waals surface area contributed by atoms with Crippen LogP contribution in [-0.4, -0.2) is 20.7 Å². The van der Waals surface area contributed by atoms with Gasteiger partial charge in [-0.2, -0.15) is 5.10 Å². The minimum Gasteiger partial charge on any atom is -0.395 e. The summed E-state index contributed by atoms with van der Waals surface area (Å²) in [5.41, 5.74) is 7.46. The van der Waals surface area contributed by atoms with E-state index >= 15 is 0 Å². The van der Waals surface area contributed by atoms with Crippen LogP contribution in [0.4, 0.5) is 10.8 Å². The maximum atomic E-state index is 12.1. The third-order valence-corrected chi connectivity index (χ3v) is 3.38. The van der Waals surface area contributed by atoms with Gasteiger partial charge >= 0.3 is 0 Å². The Morgan fingerprint density at radius 2 is 2.33 bits per heavy atom. The van der Waals surface area contributed by atoms with E-state index in [-0.39, 0.29) is 5.91 Å². The molecule has 3 N–H and O–H groups in total. The van der Waals surface area contributed by atoms with Gasteiger partial charge in [0.25, 0.3) is 5.91 Å². The van der Waals surface area contributed by atoms with E-state index in [2.05, 4.69) is 15.4 Å². The number of thiazole rings is 1. The van der Waals surface area contributed by atoms with Crippen LogP contribution >= 0.6 is 11.3 Å². The second-order valence-electron chi connectivity index (χ2n) is 3.92. The molecule has 6 nitrogen and oxygen atoms in total. The maximum absolute atomic E-state index is 12.1. The molecule has 0 aromatic carbocycles. The van der Waals surface area contributed by atoms with E-state index in [9.17, 15) is 4.79 Å². The minimum atomic E-state index is -0.281. The highest BCUT2D eigenvalue weighted by Gasteiger charge is 2.19. The lowest BCUT2D eigenvalue weighted by atomic mass is 10.2. The number of carbonyl (C=O) groups is 1. The molecule has 18 heavy (non-hydrogen) atoms. The Balaban J connectivity index is 2.26. The SMILES string of the molecule is CCc1nn(C)c(C(=O)Nc2ncc(C)s2)c1N. The molecule has 0 fully saturated rings. The number of hydrogen-bond acceptors (Lipinski definition) is 5. The van der Waals surface area contributed by atoms with E-state index in [1.54, 1.807) is 13.2 Å². The first-order valence-electron chi connectivity index (χ1n) is 5.58. The number of aryl methyl sites for hydroxylation is 3. The summed E-state index contributed by atoms with van der Waals surface area (Å²) >= 11 is 1.42. The molecule has 0 aliphatic rings. The van der Waals surface area contributed by atoms with Gasteiger partial charge in [0.05, 0.1) is 11.4 Å². The number of amides is 1. The molecule has 0 saturated carbocycles. The zero-order valence-corrected chi connectivity index (χ0v) is 11.3. The van der Waals surface area contributed by atoms with Gasteiger partial charge in [-0.1, -0.05) is 6.92 Å². The molecule has 2 heterocycles. The monoisotopic (exact) mass is 265 g/mol. The number of aromatic nitrogens is 3. The van der Waals surface area contributed by atoms with Crippen molar-refractivity contribution in [1.82, 2.24) is 14.8 Å². The van der Waals surface area contributed by atoms with Crippen LogP contribution in [0.5, 0.6) is 0 Å². The van der Waals surface area contributed by atoms with Gasteiger partial charge in [-0.3, -0.25) is 14.8 Å². The van der Waals surface area contributed by atoms with Gasteiger partial charge in [0.15, 0.2) is 5.13 Å². The Labute approximate surface area is 109 Å². The predicted octanol–water partition coefficient (Wildman–Crippen LogP) is 1.58. The molecule has 0 aliphatic heterocycles. The van der Waals surface area contributed by atoms with E-state index in [0.29, 0.717) is 22.9 Å². The fourth-order valence-corrected chi connectivity index (χ4v) is 2.35. The molecule has 2 rings (SSSR count). The molecule has 0 aliphatic carbocycles. The van der Waals surface area contributed by atoms with E-state index in [1.165, 1.54) is 16.0 Å². The van der Waals surface area contributed by atoms with E-state index in [0.717, 1.165) is 10.6 Å². The summed E-state index contributed by atoms with van der Waals surface area (Å²) in [5, 5.41) is 7.50. The van der Waals surface area contributed by atoms with Gasteiger partial charge in [-0.05, 0) is 13.3 Å². The number of nitrogens with zero attached hydrogens (tertiary/aromatic N) is 3. The lowest BCUT2D eigenvalue weighted by Gasteiger charge is -2.02. The van der Waals surface area contributed by atoms with Gasteiger partial charge in [0.2, 0.25) is 0 Å². The van der Waals surface area contributed by atoms with E-state index in [1.807, 2.05) is 13.8 Å². The average molecular weight is 265 g/mol. The highest BCUT2D eigenvalue weighted by molar-refractivity contribution is 7.15. The van der Waals surface area contributed by atoms with Gasteiger partial charge in [-0.25, -0.2) is 4.98 Å². The van der Waals surface area contributed by atoms with Crippen LogP contribution in [0.3, 0.4) is 0 Å². The smallest absolute Gasteiger partial charge is 0.277 e. The Bertz CT molecular complexity index is 586. The summed E-state index contributed by atoms with van der Waals surface area (Å²) in [7, 11) is 1.71. The van der Waals surface area contributed by atoms with Gasteiger partial charge in [0.1, 0.15) is 5.69 Å². The van der Waals surface area contributed by atoms with Crippen LogP contribution in [0.15, 0.2) is 6.20 Å². The lowest BCUT2D eigenvalue weighted by molar-refractivity contribution is 0.101. The van der Waals surface area contributed by atoms with Crippen molar-refractivity contribution >= 4 is 28.1 Å². The van der Waals surface area contributed by atoms with Crippen molar-refractivity contribution in [2.24, 2.45) is 7.05 Å². The summed E-state index contributed by atoms with van der Waals surface area (Å²) in [6.45, 7) is 3.88. The number of nitrogens with one attached hydrogen (secondary N) is 1. The van der Waals surface area contributed by atoms with Crippen LogP contribution in [-0.2, 0) is 13.5 Å². The van der Waals surface area contributed by atoms with Gasteiger partial charge in [0, 0.05) is 18.1 Å². The number of anilines is 2. The third-order valence-electron chi connectivity index (χ3n) is 2.55. The summed E-state index contributed by atoms with van der Waals surface area (Å²) in [6.07, 6.45) is 2.41. The van der Waals surface area contributed by atoms with Gasteiger partial charge in [-0.15, -0.1) is 11.3 Å². The molecule has 0 unspecified atom stereocenters. The van der Waals surface area contributed by atoms with Crippen molar-refractivity contribution in [3.63, 3.8) is 0 Å². The normalized spacial score (nSPS) is 10.6. The summed E-state index contributed by atoms with van der Waals surface area (Å²) in [6, 6.07) is 0. The Morgan fingerprint density at radius 3 is 2.83 bits per heavy atom. The number of nitrogens with two attached hydrogens (primary N) is 1. The molecule has 0 atom stereocenters. The fraction of sp³-hybridized carbons (Fsp3) is 0.364. The van der Waals surface area contributed by atoms with Crippen molar-refractivity contribution in [2.45, 2.75) is 20.3 Å². The molecular weight excluding hydrogens is 250 g/mol. The third kappa shape index (κ3) is 2.21. The summed E-state index contributed by atoms with van der Waals surface area (Å²) < 4.78 is 1.50. The first-order chi connectivity index (χ1) is 8.52. The second kappa shape index (κ2) is 4.77. The first kappa shape index (κ1) is 12.6. The van der Waals surface area contributed by atoms with Crippen LogP contribution in [0, 0.1) is 6.92 Å². The second-order valence-corrected chi connectivity index (χ2v) is 5.15. The topological polar surface area (TPSA) is 85.8 Å². The van der Waals surface area contributed by atoms with Crippen LogP contribution in [0.25, 0.3) is 0 Å². The molecule has 96 valence electrons. The van der Waals surface area contributed by atoms with E-state index in [4.69, 9.17) is 5.73 Å². The minimum absolute atomic E-state index is 0.281. The van der Waals surface area contributed by atoms with Crippen LogP contribution in [0.2, 0.25) is 0 Å². The van der Waals surface area contributed by atoms with Crippen molar-refractivity contribution in [2.75, 3.05) is 11.1 Å². The maximum Gasteiger partial charge on any atom is 0.277 e. The predicted molar refractivity (Wildman–Crippen MR) is 71.8 cm³/mol. The number of rotatable bonds is 3. The highest BCUT2D eigenvalue weighted by atomic mass is 32.1. The first-order valence-corrected chi connectivity index (χ1v) is 6.39. The number of hydrogen-bond donors (Lipinski definition) is 2. The highest BCUT2D eigenvalue weighted by Crippen LogP contribution is 2.21. The van der Waals surface area contributed by atoms with Crippen LogP contribution < -0.4 is 11.1 Å². The van der Waals surface area contributed by atoms with Crippen LogP contribution in [0.1, 0.15) is 28.0 Å². The molecule has 0 bridgehead atoms. The molecule has 7 heteroatoms. The Kier molecular flexibility index (Phi) is 3.33. The fourth-order valence-electron chi connectivity index (χ4n) is 1.70. The van der Waals surface area contributed by atoms with Crippen molar-refractivity contribution < 1.29 is 4.79 Å². The molecule has 2 aromatic rings. The molecule has 0 saturated heterocycles. The largest absolute Gasteiger partial charge is 0.395 e. The van der Waals surface area contributed by atoms with E-state index < -0.39 is 0 Å². The standard InChI is InChI=1S/C11H15N5OS/c1-4-7-8(12)9(16(3)15-7)10(17)14-11-13-5-6(2)18-11/h5H,4,12H2,1-3H3,(H,13,14,17). The molecular formula is C11H15N5OS. The van der Waals surface area contributed by atoms with Gasteiger partial charge < -0.3 is 5.73 Å². The molecule has 1 amide bonds. The van der Waals surface area contributed by atoms with Crippen molar-refractivity contribution in [3.05, 3.63) is 22.5 Å². The zero-order chi connectivity index (χ0) is 13.3. The number of carbonyl (C=O) groups excluding carboxylic acids is 1. The quantitative estimate of drug-likeness (QED) is 0.882. The molecule has 0 spiro atoms. The molecule has 2 aromatic heterocycles. The van der Waals surface area contributed by atoms with Crippen molar-refractivity contribution in [1.29, 1.82) is 0 Å². The zero-order valence-electron chi connectivity index (χ0n) is 10.5. The Hall–Kier alpha value is -1.89. The summed E-state index contributed by atoms with van der Waals surface area (Å²) in [4.78, 5) is 17.2. The number of nitrogen functional groups attached to an aromatic ring is 1. The Morgan fingerprint density at radius 1 is 1.61 bits per heavy atom.